The first kappa shape index (κ1) is 19.5. The number of carbonyl (C=O) groups excluding carboxylic acids is 3. The molecule has 1 aromatic carbocycles. The Morgan fingerprint density at radius 1 is 1.23 bits per heavy atom. The molecule has 0 aliphatic rings. The van der Waals surface area contributed by atoms with Crippen molar-refractivity contribution in [2.24, 2.45) is 5.92 Å². The molecule has 0 unspecified atom stereocenters. The number of nitrogens with one attached hydrogen (secondary N) is 1. The average molecular weight is 372 g/mol. The number of anilines is 1. The van der Waals surface area contributed by atoms with E-state index in [0.29, 0.717) is 22.7 Å². The van der Waals surface area contributed by atoms with E-state index in [4.69, 9.17) is 4.74 Å². The maximum Gasteiger partial charge on any atom is 0.331 e. The van der Waals surface area contributed by atoms with E-state index < -0.39 is 5.97 Å². The topological polar surface area (TPSA) is 85.4 Å². The van der Waals surface area contributed by atoms with Crippen molar-refractivity contribution in [1.82, 2.24) is 4.98 Å². The molecular weight excluding hydrogens is 352 g/mol. The van der Waals surface area contributed by atoms with Gasteiger partial charge in [0.05, 0.1) is 0 Å². The molecule has 136 valence electrons. The molecule has 1 aromatic heterocycles. The van der Waals surface area contributed by atoms with Gasteiger partial charge in [0, 0.05) is 35.3 Å². The van der Waals surface area contributed by atoms with Gasteiger partial charge in [-0.3, -0.25) is 9.59 Å². The number of hydrogen-bond acceptors (Lipinski definition) is 6. The number of aromatic nitrogens is 1. The largest absolute Gasteiger partial charge is 0.454 e. The van der Waals surface area contributed by atoms with Crippen LogP contribution in [0.25, 0.3) is 6.08 Å². The molecule has 26 heavy (non-hydrogen) atoms. The number of benzene rings is 1. The highest BCUT2D eigenvalue weighted by Crippen LogP contribution is 2.12. The summed E-state index contributed by atoms with van der Waals surface area (Å²) in [7, 11) is 0. The summed E-state index contributed by atoms with van der Waals surface area (Å²) in [5, 5.41) is 5.25. The zero-order chi connectivity index (χ0) is 18.9. The fourth-order valence-corrected chi connectivity index (χ4v) is 2.58. The second kappa shape index (κ2) is 9.62. The zero-order valence-corrected chi connectivity index (χ0v) is 15.4. The fourth-order valence-electron chi connectivity index (χ4n) is 2.05. The van der Waals surface area contributed by atoms with Crippen molar-refractivity contribution in [2.45, 2.75) is 20.3 Å². The molecule has 0 radical (unpaired) electrons. The van der Waals surface area contributed by atoms with Crippen LogP contribution in [0.2, 0.25) is 0 Å². The Morgan fingerprint density at radius 2 is 1.96 bits per heavy atom. The fraction of sp³-hybridized carbons (Fsp3) is 0.263. The standard InChI is InChI=1S/C19H20N2O4S/c1-13(2)11-17(23)21-15-5-3-14(4-6-15)16(22)12-25-19(24)8-7-18-20-9-10-26-18/h3-10,13H,11-12H2,1-2H3,(H,21,23)/b8-7+. The van der Waals surface area contributed by atoms with Crippen LogP contribution in [0.5, 0.6) is 0 Å². The summed E-state index contributed by atoms with van der Waals surface area (Å²) < 4.78 is 4.93. The molecule has 1 amide bonds. The number of Topliss-reactive ketones (excluding diaryl/α,β-unsaturated/α-hetero) is 1. The van der Waals surface area contributed by atoms with Crippen LogP contribution in [0.3, 0.4) is 0 Å². The van der Waals surface area contributed by atoms with Gasteiger partial charge in [-0.1, -0.05) is 13.8 Å². The van der Waals surface area contributed by atoms with Gasteiger partial charge in [0.2, 0.25) is 5.91 Å². The Kier molecular flexibility index (Phi) is 7.23. The molecule has 2 aromatic rings. The maximum atomic E-state index is 12.1. The Balaban J connectivity index is 1.82. The molecule has 2 rings (SSSR count). The van der Waals surface area contributed by atoms with E-state index in [1.807, 2.05) is 13.8 Å². The Bertz CT molecular complexity index is 780. The third-order valence-corrected chi connectivity index (χ3v) is 3.98. The molecular formula is C19H20N2O4S. The summed E-state index contributed by atoms with van der Waals surface area (Å²) in [6.07, 6.45) is 4.84. The van der Waals surface area contributed by atoms with Crippen molar-refractivity contribution in [1.29, 1.82) is 0 Å². The lowest BCUT2D eigenvalue weighted by Crippen LogP contribution is -2.14. The van der Waals surface area contributed by atoms with E-state index in [0.717, 1.165) is 0 Å². The quantitative estimate of drug-likeness (QED) is 0.435. The molecule has 0 bridgehead atoms. The second-order valence-electron chi connectivity index (χ2n) is 5.96. The summed E-state index contributed by atoms with van der Waals surface area (Å²) >= 11 is 1.39. The van der Waals surface area contributed by atoms with Gasteiger partial charge in [-0.25, -0.2) is 9.78 Å². The lowest BCUT2D eigenvalue weighted by molar-refractivity contribution is -0.136. The highest BCUT2D eigenvalue weighted by atomic mass is 32.1. The van der Waals surface area contributed by atoms with Crippen LogP contribution >= 0.6 is 11.3 Å². The predicted molar refractivity (Wildman–Crippen MR) is 101 cm³/mol. The van der Waals surface area contributed by atoms with Crippen molar-refractivity contribution < 1.29 is 19.1 Å². The first-order valence-corrected chi connectivity index (χ1v) is 8.99. The molecule has 0 aliphatic heterocycles. The Morgan fingerprint density at radius 3 is 2.58 bits per heavy atom. The summed E-state index contributed by atoms with van der Waals surface area (Å²) in [5.41, 5.74) is 1.03. The van der Waals surface area contributed by atoms with E-state index in [2.05, 4.69) is 10.3 Å². The lowest BCUT2D eigenvalue weighted by atomic mass is 10.1. The van der Waals surface area contributed by atoms with E-state index in [1.165, 1.54) is 23.5 Å². The van der Waals surface area contributed by atoms with Crippen LogP contribution in [-0.2, 0) is 14.3 Å². The van der Waals surface area contributed by atoms with Gasteiger partial charge in [-0.15, -0.1) is 11.3 Å². The van der Waals surface area contributed by atoms with Crippen LogP contribution in [0.4, 0.5) is 5.69 Å². The maximum absolute atomic E-state index is 12.1. The molecule has 0 atom stereocenters. The second-order valence-corrected chi connectivity index (χ2v) is 6.88. The van der Waals surface area contributed by atoms with Gasteiger partial charge in [0.1, 0.15) is 5.01 Å². The Hall–Kier alpha value is -2.80. The van der Waals surface area contributed by atoms with Crippen LogP contribution in [0.15, 0.2) is 41.9 Å². The highest BCUT2D eigenvalue weighted by Gasteiger charge is 2.10. The molecule has 1 heterocycles. The minimum absolute atomic E-state index is 0.0694. The molecule has 1 N–H and O–H groups in total. The molecule has 0 saturated carbocycles. The predicted octanol–water partition coefficient (Wildman–Crippen LogP) is 3.57. The van der Waals surface area contributed by atoms with E-state index in [1.54, 1.807) is 35.8 Å². The highest BCUT2D eigenvalue weighted by molar-refractivity contribution is 7.10. The summed E-state index contributed by atoms with van der Waals surface area (Å²) in [5.74, 6) is -0.720. The van der Waals surface area contributed by atoms with Crippen molar-refractivity contribution >= 4 is 40.8 Å². The number of esters is 1. The molecule has 6 nitrogen and oxygen atoms in total. The Labute approximate surface area is 155 Å². The monoisotopic (exact) mass is 372 g/mol. The number of carbonyl (C=O) groups is 3. The number of ketones is 1. The van der Waals surface area contributed by atoms with Crippen molar-refractivity contribution in [3.8, 4) is 0 Å². The van der Waals surface area contributed by atoms with Gasteiger partial charge in [0.25, 0.3) is 0 Å². The van der Waals surface area contributed by atoms with Gasteiger partial charge in [-0.05, 0) is 36.3 Å². The third-order valence-electron chi connectivity index (χ3n) is 3.24. The lowest BCUT2D eigenvalue weighted by Gasteiger charge is -2.08. The first-order valence-electron chi connectivity index (χ1n) is 8.11. The zero-order valence-electron chi connectivity index (χ0n) is 14.6. The molecule has 0 spiro atoms. The van der Waals surface area contributed by atoms with Crippen LogP contribution < -0.4 is 5.32 Å². The number of hydrogen-bond donors (Lipinski definition) is 1. The summed E-state index contributed by atoms with van der Waals surface area (Å²) in [4.78, 5) is 39.4. The summed E-state index contributed by atoms with van der Waals surface area (Å²) in [6, 6.07) is 6.48. The minimum atomic E-state index is -0.605. The van der Waals surface area contributed by atoms with Crippen molar-refractivity contribution in [2.75, 3.05) is 11.9 Å². The molecule has 0 fully saturated rings. The number of thiazole rings is 1. The van der Waals surface area contributed by atoms with Gasteiger partial charge >= 0.3 is 5.97 Å². The smallest absolute Gasteiger partial charge is 0.331 e. The molecule has 0 saturated heterocycles. The minimum Gasteiger partial charge on any atom is -0.454 e. The van der Waals surface area contributed by atoms with Gasteiger partial charge in [-0.2, -0.15) is 0 Å². The SMILES string of the molecule is CC(C)CC(=O)Nc1ccc(C(=O)COC(=O)/C=C/c2nccs2)cc1. The van der Waals surface area contributed by atoms with Crippen LogP contribution in [0, 0.1) is 5.92 Å². The summed E-state index contributed by atoms with van der Waals surface area (Å²) in [6.45, 7) is 3.59. The number of amides is 1. The van der Waals surface area contributed by atoms with Crippen molar-refractivity contribution in [3.05, 3.63) is 52.5 Å². The number of ether oxygens (including phenoxy) is 1. The van der Waals surface area contributed by atoms with E-state index in [9.17, 15) is 14.4 Å². The van der Waals surface area contributed by atoms with Crippen LogP contribution in [-0.4, -0.2) is 29.3 Å². The van der Waals surface area contributed by atoms with Crippen LogP contribution in [0.1, 0.15) is 35.6 Å². The first-order chi connectivity index (χ1) is 12.4. The van der Waals surface area contributed by atoms with Crippen molar-refractivity contribution in [3.63, 3.8) is 0 Å². The van der Waals surface area contributed by atoms with E-state index >= 15 is 0 Å². The number of rotatable bonds is 8. The van der Waals surface area contributed by atoms with E-state index in [-0.39, 0.29) is 24.2 Å². The normalized spacial score (nSPS) is 10.9. The molecule has 0 aliphatic carbocycles. The third kappa shape index (κ3) is 6.60. The average Bonchev–Trinajstić information content (AvgIpc) is 3.11. The van der Waals surface area contributed by atoms with Gasteiger partial charge in [0.15, 0.2) is 12.4 Å². The number of nitrogens with zero attached hydrogens (tertiary/aromatic N) is 1. The van der Waals surface area contributed by atoms with Gasteiger partial charge < -0.3 is 10.1 Å². The molecule has 7 heteroatoms.